The Balaban J connectivity index is 1.24. The molecule has 0 unspecified atom stereocenters. The highest BCUT2D eigenvalue weighted by atomic mass is 32.2. The number of sulfonamides is 1. The van der Waals surface area contributed by atoms with Gasteiger partial charge in [-0.05, 0) is 56.7 Å². The van der Waals surface area contributed by atoms with E-state index in [0.717, 1.165) is 12.8 Å². The van der Waals surface area contributed by atoms with Crippen LogP contribution in [0.5, 0.6) is 11.5 Å². The summed E-state index contributed by atoms with van der Waals surface area (Å²) < 4.78 is 63.3. The average Bonchev–Trinajstić information content (AvgIpc) is 3.19. The van der Waals surface area contributed by atoms with Crippen LogP contribution in [0.2, 0.25) is 0 Å². The molecule has 32 heavy (non-hydrogen) atoms. The van der Waals surface area contributed by atoms with Crippen LogP contribution in [0.15, 0.2) is 18.2 Å². The summed E-state index contributed by atoms with van der Waals surface area (Å²) in [6, 6.07) is 3.28. The molecule has 4 aliphatic rings. The zero-order valence-corrected chi connectivity index (χ0v) is 18.1. The molecule has 1 saturated carbocycles. The van der Waals surface area contributed by atoms with Crippen molar-refractivity contribution in [3.05, 3.63) is 23.8 Å². The second kappa shape index (κ2) is 7.65. The molecule has 1 amide bonds. The molecule has 1 N–H and O–H groups in total. The maximum Gasteiger partial charge on any atom is 0.586 e. The highest BCUT2D eigenvalue weighted by molar-refractivity contribution is 7.89. The van der Waals surface area contributed by atoms with Crippen LogP contribution in [0.4, 0.5) is 8.78 Å². The van der Waals surface area contributed by atoms with Crippen molar-refractivity contribution < 1.29 is 36.3 Å². The topological polar surface area (TPSA) is 102 Å². The van der Waals surface area contributed by atoms with Gasteiger partial charge in [-0.3, -0.25) is 9.59 Å². The molecular formula is C21H24F2N2O6S. The standard InChI is InChI=1S/C21H24F2N2O6S/c22-21(23)30-18-8-1-12(9-19(18)31-21)20(27)24-13-10-14-2-3-15(11-13)25(14)32(28,29)17-6-4-16(26)5-7-17/h1,8-9,13-15,17H,2-7,10-11H2,(H,24,27)/t13-,14-,15+. The number of carbonyl (C=O) groups excluding carboxylic acids is 2. The number of nitrogens with zero attached hydrogens (tertiary/aromatic N) is 1. The predicted molar refractivity (Wildman–Crippen MR) is 108 cm³/mol. The Hall–Kier alpha value is -2.27. The van der Waals surface area contributed by atoms with Crippen LogP contribution in [0.1, 0.15) is 61.7 Å². The van der Waals surface area contributed by atoms with E-state index in [0.29, 0.717) is 38.5 Å². The minimum atomic E-state index is -3.75. The number of Topliss-reactive ketones (excluding diaryl/α,β-unsaturated/α-hetero) is 1. The fourth-order valence-corrected chi connectivity index (χ4v) is 7.80. The number of fused-ring (bicyclic) bond motifs is 3. The van der Waals surface area contributed by atoms with Crippen LogP contribution < -0.4 is 14.8 Å². The van der Waals surface area contributed by atoms with E-state index in [9.17, 15) is 26.8 Å². The molecule has 1 aliphatic carbocycles. The molecule has 1 aromatic rings. The SMILES string of the molecule is O=C1CCC(S(=O)(=O)N2[C@@H]3CC[C@H]2C[C@H](NC(=O)c2ccc4c(c2)OC(F)(F)O4)C3)CC1. The van der Waals surface area contributed by atoms with Gasteiger partial charge in [-0.1, -0.05) is 0 Å². The number of rotatable bonds is 4. The number of piperidine rings is 1. The molecule has 8 nitrogen and oxygen atoms in total. The highest BCUT2D eigenvalue weighted by Gasteiger charge is 2.49. The summed E-state index contributed by atoms with van der Waals surface area (Å²) in [4.78, 5) is 24.2. The van der Waals surface area contributed by atoms with Gasteiger partial charge < -0.3 is 14.8 Å². The van der Waals surface area contributed by atoms with Crippen molar-refractivity contribution in [2.45, 2.75) is 81.0 Å². The molecule has 1 aromatic carbocycles. The lowest BCUT2D eigenvalue weighted by atomic mass is 9.99. The Kier molecular flexibility index (Phi) is 5.16. The first-order valence-electron chi connectivity index (χ1n) is 10.9. The number of hydrogen-bond donors (Lipinski definition) is 1. The molecule has 2 bridgehead atoms. The van der Waals surface area contributed by atoms with Gasteiger partial charge in [-0.25, -0.2) is 8.42 Å². The van der Waals surface area contributed by atoms with Gasteiger partial charge in [0.15, 0.2) is 11.5 Å². The van der Waals surface area contributed by atoms with Crippen molar-refractivity contribution in [3.63, 3.8) is 0 Å². The van der Waals surface area contributed by atoms with E-state index in [1.807, 2.05) is 0 Å². The van der Waals surface area contributed by atoms with E-state index in [4.69, 9.17) is 0 Å². The molecular weight excluding hydrogens is 446 g/mol. The number of nitrogens with one attached hydrogen (secondary N) is 1. The van der Waals surface area contributed by atoms with Gasteiger partial charge in [0, 0.05) is 36.5 Å². The maximum absolute atomic E-state index is 13.3. The van der Waals surface area contributed by atoms with Gasteiger partial charge in [-0.15, -0.1) is 8.78 Å². The average molecular weight is 470 g/mol. The number of ether oxygens (including phenoxy) is 2. The summed E-state index contributed by atoms with van der Waals surface area (Å²) in [5, 5.41) is 2.40. The smallest absolute Gasteiger partial charge is 0.395 e. The van der Waals surface area contributed by atoms with E-state index < -0.39 is 27.5 Å². The third kappa shape index (κ3) is 3.85. The quantitative estimate of drug-likeness (QED) is 0.726. The van der Waals surface area contributed by atoms with Crippen molar-refractivity contribution >= 4 is 21.7 Å². The normalized spacial score (nSPS) is 29.8. The predicted octanol–water partition coefficient (Wildman–Crippen LogP) is 2.57. The number of carbonyl (C=O) groups is 2. The van der Waals surface area contributed by atoms with E-state index in [-0.39, 0.29) is 41.0 Å². The fourth-order valence-electron chi connectivity index (χ4n) is 5.41. The largest absolute Gasteiger partial charge is 0.586 e. The molecule has 0 radical (unpaired) electrons. The van der Waals surface area contributed by atoms with Crippen LogP contribution in [0, 0.1) is 0 Å². The van der Waals surface area contributed by atoms with Crippen molar-refractivity contribution in [3.8, 4) is 11.5 Å². The Morgan fingerprint density at radius 3 is 2.31 bits per heavy atom. The summed E-state index contributed by atoms with van der Waals surface area (Å²) in [7, 11) is -3.50. The van der Waals surface area contributed by atoms with Crippen molar-refractivity contribution in [1.82, 2.24) is 9.62 Å². The molecule has 3 aliphatic heterocycles. The summed E-state index contributed by atoms with van der Waals surface area (Å²) >= 11 is 0. The zero-order chi connectivity index (χ0) is 22.7. The molecule has 3 atom stereocenters. The van der Waals surface area contributed by atoms with Gasteiger partial charge in [0.05, 0.1) is 5.25 Å². The van der Waals surface area contributed by atoms with Crippen LogP contribution in [-0.4, -0.2) is 54.1 Å². The highest BCUT2D eigenvalue weighted by Crippen LogP contribution is 2.42. The Morgan fingerprint density at radius 1 is 1.03 bits per heavy atom. The number of alkyl halides is 2. The maximum atomic E-state index is 13.3. The van der Waals surface area contributed by atoms with Gasteiger partial charge in [0.25, 0.3) is 5.91 Å². The molecule has 0 aromatic heterocycles. The number of benzene rings is 1. The minimum absolute atomic E-state index is 0.119. The molecule has 3 heterocycles. The van der Waals surface area contributed by atoms with Gasteiger partial charge in [0.1, 0.15) is 5.78 Å². The first-order chi connectivity index (χ1) is 15.1. The summed E-state index contributed by atoms with van der Waals surface area (Å²) in [6.07, 6.45) is 0.0927. The lowest BCUT2D eigenvalue weighted by molar-refractivity contribution is -0.286. The second-order valence-electron chi connectivity index (χ2n) is 8.97. The first kappa shape index (κ1) is 21.6. The van der Waals surface area contributed by atoms with Crippen LogP contribution in [-0.2, 0) is 14.8 Å². The molecule has 2 saturated heterocycles. The lowest BCUT2D eigenvalue weighted by Gasteiger charge is -2.40. The molecule has 11 heteroatoms. The van der Waals surface area contributed by atoms with Crippen LogP contribution >= 0.6 is 0 Å². The van der Waals surface area contributed by atoms with Crippen LogP contribution in [0.25, 0.3) is 0 Å². The Bertz CT molecular complexity index is 1040. The van der Waals surface area contributed by atoms with Crippen molar-refractivity contribution in [2.75, 3.05) is 0 Å². The monoisotopic (exact) mass is 470 g/mol. The number of halogens is 2. The minimum Gasteiger partial charge on any atom is -0.395 e. The molecule has 3 fully saturated rings. The lowest BCUT2D eigenvalue weighted by Crippen LogP contribution is -2.54. The van der Waals surface area contributed by atoms with Crippen LogP contribution in [0.3, 0.4) is 0 Å². The first-order valence-corrected chi connectivity index (χ1v) is 12.4. The number of ketones is 1. The van der Waals surface area contributed by atoms with E-state index in [2.05, 4.69) is 14.8 Å². The van der Waals surface area contributed by atoms with Crippen molar-refractivity contribution in [2.24, 2.45) is 0 Å². The van der Waals surface area contributed by atoms with Gasteiger partial charge in [-0.2, -0.15) is 4.31 Å². The van der Waals surface area contributed by atoms with E-state index in [1.54, 1.807) is 4.31 Å². The zero-order valence-electron chi connectivity index (χ0n) is 17.3. The molecule has 0 spiro atoms. The summed E-state index contributed by atoms with van der Waals surface area (Å²) in [5.74, 6) is -0.645. The third-order valence-electron chi connectivity index (χ3n) is 6.87. The molecule has 5 rings (SSSR count). The molecule has 174 valence electrons. The van der Waals surface area contributed by atoms with Gasteiger partial charge >= 0.3 is 6.29 Å². The number of hydrogen-bond acceptors (Lipinski definition) is 6. The second-order valence-corrected chi connectivity index (χ2v) is 11.1. The summed E-state index contributed by atoms with van der Waals surface area (Å²) in [5.41, 5.74) is 0.166. The van der Waals surface area contributed by atoms with E-state index >= 15 is 0 Å². The Morgan fingerprint density at radius 2 is 1.66 bits per heavy atom. The third-order valence-corrected chi connectivity index (χ3v) is 9.37. The van der Waals surface area contributed by atoms with Crippen molar-refractivity contribution in [1.29, 1.82) is 0 Å². The number of amides is 1. The summed E-state index contributed by atoms with van der Waals surface area (Å²) in [6.45, 7) is 0. The fraction of sp³-hybridized carbons (Fsp3) is 0.619. The van der Waals surface area contributed by atoms with E-state index in [1.165, 1.54) is 18.2 Å². The Labute approximate surface area is 184 Å². The van der Waals surface area contributed by atoms with Gasteiger partial charge in [0.2, 0.25) is 10.0 Å².